The van der Waals surface area contributed by atoms with Crippen LogP contribution in [0.1, 0.15) is 11.1 Å². The highest BCUT2D eigenvalue weighted by Crippen LogP contribution is 2.12. The van der Waals surface area contributed by atoms with Gasteiger partial charge in [0.05, 0.1) is 0 Å². The van der Waals surface area contributed by atoms with E-state index in [1.807, 2.05) is 18.2 Å². The summed E-state index contributed by atoms with van der Waals surface area (Å²) in [7, 11) is 0. The predicted octanol–water partition coefficient (Wildman–Crippen LogP) is 3.13. The minimum Gasteiger partial charge on any atom is -0.376 e. The third-order valence-corrected chi connectivity index (χ3v) is 2.87. The summed E-state index contributed by atoms with van der Waals surface area (Å²) in [6, 6.07) is 18.7. The van der Waals surface area contributed by atoms with Gasteiger partial charge in [-0.2, -0.15) is 0 Å². The van der Waals surface area contributed by atoms with Gasteiger partial charge in [-0.05, 0) is 48.3 Å². The number of hydrogen-bond acceptors (Lipinski definition) is 1. The van der Waals surface area contributed by atoms with E-state index in [1.165, 1.54) is 11.1 Å². The second-order valence-electron chi connectivity index (χ2n) is 4.17. The molecule has 0 aromatic heterocycles. The highest BCUT2D eigenvalue weighted by Gasteiger charge is 1.97. The number of thiocarbonyl (C=S) groups is 1. The van der Waals surface area contributed by atoms with E-state index in [-0.39, 0.29) is 0 Å². The van der Waals surface area contributed by atoms with Crippen LogP contribution >= 0.6 is 12.2 Å². The molecule has 3 N–H and O–H groups in total. The molecule has 0 radical (unpaired) electrons. The molecule has 2 nitrogen and oxygen atoms in total. The molecule has 0 atom stereocenters. The monoisotopic (exact) mass is 256 g/mol. The molecule has 92 valence electrons. The van der Waals surface area contributed by atoms with Crippen LogP contribution in [0.4, 0.5) is 5.69 Å². The van der Waals surface area contributed by atoms with Crippen LogP contribution in [0.3, 0.4) is 0 Å². The van der Waals surface area contributed by atoms with Gasteiger partial charge in [0.25, 0.3) is 0 Å². The lowest BCUT2D eigenvalue weighted by molar-refractivity contribution is 0.960. The van der Waals surface area contributed by atoms with Crippen LogP contribution in [0, 0.1) is 0 Å². The fourth-order valence-corrected chi connectivity index (χ4v) is 1.95. The summed E-state index contributed by atoms with van der Waals surface area (Å²) in [5.41, 5.74) is 9.03. The number of anilines is 1. The van der Waals surface area contributed by atoms with E-state index < -0.39 is 0 Å². The van der Waals surface area contributed by atoms with Crippen LogP contribution in [-0.2, 0) is 12.8 Å². The van der Waals surface area contributed by atoms with Crippen LogP contribution < -0.4 is 11.1 Å². The van der Waals surface area contributed by atoms with Crippen molar-refractivity contribution in [3.63, 3.8) is 0 Å². The molecule has 0 saturated carbocycles. The number of hydrogen-bond donors (Lipinski definition) is 2. The smallest absolute Gasteiger partial charge is 0.168 e. The number of aryl methyl sites for hydroxylation is 2. The number of nitrogens with one attached hydrogen (secondary N) is 1. The Morgan fingerprint density at radius 3 is 2.00 bits per heavy atom. The lowest BCUT2D eigenvalue weighted by Gasteiger charge is -2.06. The quantitative estimate of drug-likeness (QED) is 0.825. The Morgan fingerprint density at radius 2 is 1.44 bits per heavy atom. The van der Waals surface area contributed by atoms with Gasteiger partial charge in [-0.25, -0.2) is 0 Å². The Bertz CT molecular complexity index is 506. The van der Waals surface area contributed by atoms with Gasteiger partial charge in [0.2, 0.25) is 0 Å². The number of benzene rings is 2. The van der Waals surface area contributed by atoms with Crippen molar-refractivity contribution in [3.8, 4) is 0 Å². The minimum atomic E-state index is 0.298. The zero-order valence-electron chi connectivity index (χ0n) is 10.1. The molecule has 0 unspecified atom stereocenters. The molecular weight excluding hydrogens is 240 g/mol. The Balaban J connectivity index is 1.92. The zero-order chi connectivity index (χ0) is 12.8. The van der Waals surface area contributed by atoms with Gasteiger partial charge in [-0.3, -0.25) is 0 Å². The highest BCUT2D eigenvalue weighted by molar-refractivity contribution is 7.80. The van der Waals surface area contributed by atoms with E-state index >= 15 is 0 Å². The molecule has 0 spiro atoms. The molecule has 0 saturated heterocycles. The molecule has 3 heteroatoms. The standard InChI is InChI=1S/C15H16N2S/c16-15(18)17-14-10-8-13(9-11-14)7-6-12-4-2-1-3-5-12/h1-5,8-11H,6-7H2,(H3,16,17,18). The molecule has 2 aromatic rings. The van der Waals surface area contributed by atoms with Crippen molar-refractivity contribution in [2.75, 3.05) is 5.32 Å². The lowest BCUT2D eigenvalue weighted by atomic mass is 10.0. The Kier molecular flexibility index (Phi) is 4.31. The van der Waals surface area contributed by atoms with Crippen LogP contribution in [-0.4, -0.2) is 5.11 Å². The van der Waals surface area contributed by atoms with E-state index in [2.05, 4.69) is 41.7 Å². The third kappa shape index (κ3) is 3.86. The maximum Gasteiger partial charge on any atom is 0.168 e. The van der Waals surface area contributed by atoms with Gasteiger partial charge in [0.15, 0.2) is 5.11 Å². The van der Waals surface area contributed by atoms with E-state index in [4.69, 9.17) is 18.0 Å². The SMILES string of the molecule is NC(=S)Nc1ccc(CCc2ccccc2)cc1. The summed E-state index contributed by atoms with van der Waals surface area (Å²) in [5.74, 6) is 0. The maximum absolute atomic E-state index is 5.42. The van der Waals surface area contributed by atoms with Crippen LogP contribution in [0.2, 0.25) is 0 Å². The average Bonchev–Trinajstić information content (AvgIpc) is 2.38. The van der Waals surface area contributed by atoms with E-state index in [0.29, 0.717) is 5.11 Å². The summed E-state index contributed by atoms with van der Waals surface area (Å²) in [4.78, 5) is 0. The van der Waals surface area contributed by atoms with Crippen molar-refractivity contribution in [1.29, 1.82) is 0 Å². The summed E-state index contributed by atoms with van der Waals surface area (Å²) < 4.78 is 0. The summed E-state index contributed by atoms with van der Waals surface area (Å²) in [6.07, 6.45) is 2.10. The number of rotatable bonds is 4. The van der Waals surface area contributed by atoms with Crippen molar-refractivity contribution in [2.45, 2.75) is 12.8 Å². The molecule has 0 bridgehead atoms. The fraction of sp³-hybridized carbons (Fsp3) is 0.133. The average molecular weight is 256 g/mol. The molecule has 0 fully saturated rings. The van der Waals surface area contributed by atoms with Gasteiger partial charge in [-0.1, -0.05) is 42.5 Å². The van der Waals surface area contributed by atoms with Crippen molar-refractivity contribution in [1.82, 2.24) is 0 Å². The molecular formula is C15H16N2S. The van der Waals surface area contributed by atoms with Gasteiger partial charge in [-0.15, -0.1) is 0 Å². The molecule has 0 aliphatic heterocycles. The first kappa shape index (κ1) is 12.6. The largest absolute Gasteiger partial charge is 0.376 e. The van der Waals surface area contributed by atoms with Crippen molar-refractivity contribution < 1.29 is 0 Å². The summed E-state index contributed by atoms with van der Waals surface area (Å²) in [5, 5.41) is 3.21. The van der Waals surface area contributed by atoms with Crippen molar-refractivity contribution in [3.05, 3.63) is 65.7 Å². The maximum atomic E-state index is 5.42. The summed E-state index contributed by atoms with van der Waals surface area (Å²) in [6.45, 7) is 0. The van der Waals surface area contributed by atoms with E-state index in [1.54, 1.807) is 0 Å². The fourth-order valence-electron chi connectivity index (χ4n) is 1.83. The first-order chi connectivity index (χ1) is 8.74. The first-order valence-corrected chi connectivity index (χ1v) is 6.34. The van der Waals surface area contributed by atoms with Gasteiger partial charge in [0.1, 0.15) is 0 Å². The zero-order valence-corrected chi connectivity index (χ0v) is 10.9. The molecule has 0 heterocycles. The second kappa shape index (κ2) is 6.17. The molecule has 2 rings (SSSR count). The third-order valence-electron chi connectivity index (χ3n) is 2.77. The van der Waals surface area contributed by atoms with Crippen molar-refractivity contribution >= 4 is 23.0 Å². The molecule has 0 amide bonds. The van der Waals surface area contributed by atoms with Crippen LogP contribution in [0.5, 0.6) is 0 Å². The molecule has 18 heavy (non-hydrogen) atoms. The number of nitrogens with two attached hydrogens (primary N) is 1. The molecule has 0 aliphatic carbocycles. The Morgan fingerprint density at radius 1 is 0.889 bits per heavy atom. The van der Waals surface area contributed by atoms with Gasteiger partial charge < -0.3 is 11.1 Å². The Hall–Kier alpha value is -1.87. The van der Waals surface area contributed by atoms with Crippen LogP contribution in [0.25, 0.3) is 0 Å². The first-order valence-electron chi connectivity index (χ1n) is 5.93. The van der Waals surface area contributed by atoms with E-state index in [9.17, 15) is 0 Å². The predicted molar refractivity (Wildman–Crippen MR) is 80.7 cm³/mol. The highest BCUT2D eigenvalue weighted by atomic mass is 32.1. The van der Waals surface area contributed by atoms with E-state index in [0.717, 1.165) is 18.5 Å². The normalized spacial score (nSPS) is 10.0. The molecule has 0 aliphatic rings. The molecule has 2 aromatic carbocycles. The minimum absolute atomic E-state index is 0.298. The van der Waals surface area contributed by atoms with Gasteiger partial charge in [0, 0.05) is 5.69 Å². The second-order valence-corrected chi connectivity index (χ2v) is 4.61. The lowest BCUT2D eigenvalue weighted by Crippen LogP contribution is -2.18. The topological polar surface area (TPSA) is 38.0 Å². The summed E-state index contributed by atoms with van der Waals surface area (Å²) >= 11 is 4.79. The van der Waals surface area contributed by atoms with Gasteiger partial charge >= 0.3 is 0 Å². The Labute approximate surface area is 113 Å². The van der Waals surface area contributed by atoms with Crippen LogP contribution in [0.15, 0.2) is 54.6 Å². The van der Waals surface area contributed by atoms with Crippen molar-refractivity contribution in [2.24, 2.45) is 5.73 Å².